The van der Waals surface area contributed by atoms with Gasteiger partial charge in [0.25, 0.3) is 0 Å². The van der Waals surface area contributed by atoms with Crippen LogP contribution in [0.3, 0.4) is 0 Å². The molecule has 6 heteroatoms. The van der Waals surface area contributed by atoms with Crippen LogP contribution in [0.15, 0.2) is 24.3 Å². The maximum Gasteiger partial charge on any atom is 0.325 e. The van der Waals surface area contributed by atoms with E-state index in [0.29, 0.717) is 25.3 Å². The predicted octanol–water partition coefficient (Wildman–Crippen LogP) is 0.674. The lowest BCUT2D eigenvalue weighted by atomic mass is 10.1. The Morgan fingerprint density at radius 3 is 2.53 bits per heavy atom. The van der Waals surface area contributed by atoms with Crippen molar-refractivity contribution in [2.45, 2.75) is 13.3 Å². The molecule has 0 saturated heterocycles. The lowest BCUT2D eigenvalue weighted by Crippen LogP contribution is -2.39. The minimum atomic E-state index is -0.448. The Morgan fingerprint density at radius 2 is 1.89 bits per heavy atom. The van der Waals surface area contributed by atoms with Gasteiger partial charge in [-0.3, -0.25) is 4.79 Å². The van der Waals surface area contributed by atoms with E-state index in [0.717, 1.165) is 5.56 Å². The van der Waals surface area contributed by atoms with Crippen molar-refractivity contribution in [2.24, 2.45) is 0 Å². The van der Waals surface area contributed by atoms with E-state index in [1.54, 1.807) is 6.92 Å². The molecule has 0 aliphatic carbocycles. The first-order valence-corrected chi connectivity index (χ1v) is 6.13. The average Bonchev–Trinajstić information content (AvgIpc) is 2.39. The number of amides is 2. The molecule has 104 valence electrons. The van der Waals surface area contributed by atoms with Gasteiger partial charge in [0.2, 0.25) is 0 Å². The molecule has 2 amide bonds. The number of carbonyl (C=O) groups is 2. The van der Waals surface area contributed by atoms with Crippen LogP contribution in [0.4, 0.5) is 10.5 Å². The van der Waals surface area contributed by atoms with Crippen LogP contribution in [0, 0.1) is 0 Å². The smallest absolute Gasteiger partial charge is 0.325 e. The van der Waals surface area contributed by atoms with Crippen molar-refractivity contribution in [2.75, 3.05) is 25.4 Å². The number of nitrogens with one attached hydrogen (secondary N) is 2. The molecule has 1 aromatic carbocycles. The monoisotopic (exact) mass is 265 g/mol. The molecule has 1 aromatic rings. The summed E-state index contributed by atoms with van der Waals surface area (Å²) in [5, 5.41) is 5.07. The highest BCUT2D eigenvalue weighted by Crippen LogP contribution is 2.05. The second-order valence-corrected chi connectivity index (χ2v) is 3.91. The zero-order valence-electron chi connectivity index (χ0n) is 10.9. The largest absolute Gasteiger partial charge is 0.465 e. The van der Waals surface area contributed by atoms with Crippen LogP contribution in [0.25, 0.3) is 0 Å². The number of hydrogen-bond donors (Lipinski definition) is 3. The van der Waals surface area contributed by atoms with E-state index in [9.17, 15) is 9.59 Å². The molecule has 4 N–H and O–H groups in total. The van der Waals surface area contributed by atoms with E-state index in [1.807, 2.05) is 24.3 Å². The van der Waals surface area contributed by atoms with E-state index in [1.165, 1.54) is 0 Å². The summed E-state index contributed by atoms with van der Waals surface area (Å²) < 4.78 is 4.68. The molecule has 6 nitrogen and oxygen atoms in total. The quantitative estimate of drug-likeness (QED) is 0.520. The Balaban J connectivity index is 2.16. The number of urea groups is 1. The molecule has 0 aliphatic rings. The van der Waals surface area contributed by atoms with Crippen molar-refractivity contribution in [1.29, 1.82) is 0 Å². The summed E-state index contributed by atoms with van der Waals surface area (Å²) in [5.74, 6) is -0.448. The third kappa shape index (κ3) is 6.30. The topological polar surface area (TPSA) is 93.4 Å². The maximum atomic E-state index is 11.3. The fraction of sp³-hybridized carbons (Fsp3) is 0.385. The Labute approximate surface area is 112 Å². The molecule has 0 heterocycles. The number of hydrogen-bond acceptors (Lipinski definition) is 4. The second kappa shape index (κ2) is 7.97. The van der Waals surface area contributed by atoms with Crippen molar-refractivity contribution in [3.8, 4) is 0 Å². The summed E-state index contributed by atoms with van der Waals surface area (Å²) in [6, 6.07) is 7.07. The van der Waals surface area contributed by atoms with Gasteiger partial charge < -0.3 is 21.1 Å². The van der Waals surface area contributed by atoms with Crippen molar-refractivity contribution in [1.82, 2.24) is 10.6 Å². The maximum absolute atomic E-state index is 11.3. The van der Waals surface area contributed by atoms with Gasteiger partial charge in [-0.05, 0) is 31.0 Å². The highest BCUT2D eigenvalue weighted by molar-refractivity contribution is 5.80. The molecule has 1 rings (SSSR count). The standard InChI is InChI=1S/C13H19N3O3/c1-2-19-12(17)9-16-13(18)15-8-7-10-3-5-11(14)6-4-10/h3-6H,2,7-9,14H2,1H3,(H2,15,16,18). The average molecular weight is 265 g/mol. The van der Waals surface area contributed by atoms with Crippen LogP contribution in [-0.4, -0.2) is 31.7 Å². The number of esters is 1. The molecule has 0 saturated carbocycles. The molecule has 0 radical (unpaired) electrons. The predicted molar refractivity (Wildman–Crippen MR) is 72.6 cm³/mol. The highest BCUT2D eigenvalue weighted by atomic mass is 16.5. The van der Waals surface area contributed by atoms with Gasteiger partial charge in [0, 0.05) is 12.2 Å². The van der Waals surface area contributed by atoms with Crippen molar-refractivity contribution in [3.05, 3.63) is 29.8 Å². The molecular formula is C13H19N3O3. The summed E-state index contributed by atoms with van der Waals surface area (Å²) in [5.41, 5.74) is 7.37. The highest BCUT2D eigenvalue weighted by Gasteiger charge is 2.04. The molecule has 0 aliphatic heterocycles. The van der Waals surface area contributed by atoms with Gasteiger partial charge >= 0.3 is 12.0 Å². The van der Waals surface area contributed by atoms with E-state index in [2.05, 4.69) is 15.4 Å². The first-order chi connectivity index (χ1) is 9.11. The van der Waals surface area contributed by atoms with Crippen LogP contribution in [0.5, 0.6) is 0 Å². The number of nitrogen functional groups attached to an aromatic ring is 1. The number of carbonyl (C=O) groups excluding carboxylic acids is 2. The van der Waals surface area contributed by atoms with Gasteiger partial charge in [0.1, 0.15) is 6.54 Å². The molecule has 0 atom stereocenters. The number of rotatable bonds is 6. The van der Waals surface area contributed by atoms with Gasteiger partial charge in [0.15, 0.2) is 0 Å². The Morgan fingerprint density at radius 1 is 1.21 bits per heavy atom. The number of nitrogens with two attached hydrogens (primary N) is 1. The van der Waals surface area contributed by atoms with Crippen molar-refractivity contribution < 1.29 is 14.3 Å². The first kappa shape index (κ1) is 14.8. The van der Waals surface area contributed by atoms with Crippen LogP contribution in [0.1, 0.15) is 12.5 Å². The lowest BCUT2D eigenvalue weighted by molar-refractivity contribution is -0.141. The molecule has 0 spiro atoms. The molecular weight excluding hydrogens is 246 g/mol. The summed E-state index contributed by atoms with van der Waals surface area (Å²) in [6.45, 7) is 2.38. The summed E-state index contributed by atoms with van der Waals surface area (Å²) in [6.07, 6.45) is 0.701. The third-order valence-corrected chi connectivity index (χ3v) is 2.38. The Kier molecular flexibility index (Phi) is 6.21. The molecule has 0 unspecified atom stereocenters. The lowest BCUT2D eigenvalue weighted by Gasteiger charge is -2.07. The molecule has 19 heavy (non-hydrogen) atoms. The fourth-order valence-electron chi connectivity index (χ4n) is 1.43. The summed E-state index contributed by atoms with van der Waals surface area (Å²) in [7, 11) is 0. The molecule has 0 bridgehead atoms. The fourth-order valence-corrected chi connectivity index (χ4v) is 1.43. The number of ether oxygens (including phenoxy) is 1. The van der Waals surface area contributed by atoms with Crippen molar-refractivity contribution >= 4 is 17.7 Å². The van der Waals surface area contributed by atoms with Crippen LogP contribution >= 0.6 is 0 Å². The minimum Gasteiger partial charge on any atom is -0.465 e. The third-order valence-electron chi connectivity index (χ3n) is 2.38. The first-order valence-electron chi connectivity index (χ1n) is 6.13. The van der Waals surface area contributed by atoms with Crippen molar-refractivity contribution in [3.63, 3.8) is 0 Å². The zero-order valence-corrected chi connectivity index (χ0v) is 10.9. The van der Waals surface area contributed by atoms with Gasteiger partial charge in [-0.25, -0.2) is 4.79 Å². The summed E-state index contributed by atoms with van der Waals surface area (Å²) >= 11 is 0. The zero-order chi connectivity index (χ0) is 14.1. The van der Waals surface area contributed by atoms with E-state index in [4.69, 9.17) is 5.73 Å². The van der Waals surface area contributed by atoms with Crippen LogP contribution in [-0.2, 0) is 16.0 Å². The van der Waals surface area contributed by atoms with E-state index in [-0.39, 0.29) is 12.6 Å². The van der Waals surface area contributed by atoms with E-state index < -0.39 is 5.97 Å². The van der Waals surface area contributed by atoms with E-state index >= 15 is 0 Å². The Hall–Kier alpha value is -2.24. The number of anilines is 1. The Bertz CT molecular complexity index is 418. The van der Waals surface area contributed by atoms with Gasteiger partial charge in [-0.2, -0.15) is 0 Å². The van der Waals surface area contributed by atoms with Crippen LogP contribution < -0.4 is 16.4 Å². The van der Waals surface area contributed by atoms with Gasteiger partial charge in [-0.15, -0.1) is 0 Å². The summed E-state index contributed by atoms with van der Waals surface area (Å²) in [4.78, 5) is 22.3. The van der Waals surface area contributed by atoms with Crippen LogP contribution in [0.2, 0.25) is 0 Å². The SMILES string of the molecule is CCOC(=O)CNC(=O)NCCc1ccc(N)cc1. The second-order valence-electron chi connectivity index (χ2n) is 3.91. The minimum absolute atomic E-state index is 0.123. The number of benzene rings is 1. The normalized spacial score (nSPS) is 9.74. The van der Waals surface area contributed by atoms with Gasteiger partial charge in [-0.1, -0.05) is 12.1 Å². The molecule has 0 aromatic heterocycles. The van der Waals surface area contributed by atoms with Gasteiger partial charge in [0.05, 0.1) is 6.61 Å². The molecule has 0 fully saturated rings.